The van der Waals surface area contributed by atoms with Crippen molar-refractivity contribution in [1.29, 1.82) is 0 Å². The molecule has 0 aromatic rings. The third-order valence-electron chi connectivity index (χ3n) is 5.12. The summed E-state index contributed by atoms with van der Waals surface area (Å²) in [4.78, 5) is 64.9. The van der Waals surface area contributed by atoms with Gasteiger partial charge < -0.3 is 49.1 Å². The lowest BCUT2D eigenvalue weighted by atomic mass is 10.1. The second kappa shape index (κ2) is 19.1. The van der Waals surface area contributed by atoms with E-state index in [2.05, 4.69) is 20.9 Å². The Morgan fingerprint density at radius 3 is 1.95 bits per heavy atom. The van der Waals surface area contributed by atoms with Crippen LogP contribution < -0.4 is 38.9 Å². The first-order valence-corrected chi connectivity index (χ1v) is 13.2. The number of hydrogen-bond acceptors (Lipinski definition) is 9. The van der Waals surface area contributed by atoms with E-state index < -0.39 is 60.2 Å². The summed E-state index contributed by atoms with van der Waals surface area (Å²) in [5.41, 5.74) is 21.8. The number of thioether (sulfide) groups is 1. The number of aliphatic imine (C=N–C) groups is 1. The molecule has 4 atom stereocenters. The van der Waals surface area contributed by atoms with Crippen LogP contribution in [0.1, 0.15) is 44.9 Å². The minimum Gasteiger partial charge on any atom is -0.481 e. The number of aliphatic carboxylic acids is 2. The molecule has 0 aromatic carbocycles. The summed E-state index contributed by atoms with van der Waals surface area (Å²) >= 11 is 1.47. The number of nitrogens with one attached hydrogen (secondary N) is 3. The van der Waals surface area contributed by atoms with Gasteiger partial charge in [-0.1, -0.05) is 0 Å². The quantitative estimate of drug-likeness (QED) is 0.0425. The molecule has 212 valence electrons. The molecule has 0 bridgehead atoms. The van der Waals surface area contributed by atoms with Gasteiger partial charge >= 0.3 is 11.9 Å². The Balaban J connectivity index is 5.59. The molecule has 0 aliphatic heterocycles. The Morgan fingerprint density at radius 1 is 0.838 bits per heavy atom. The average molecular weight is 549 g/mol. The molecule has 0 radical (unpaired) electrons. The van der Waals surface area contributed by atoms with Gasteiger partial charge in [-0.25, -0.2) is 4.79 Å². The van der Waals surface area contributed by atoms with Crippen LogP contribution in [0.25, 0.3) is 0 Å². The van der Waals surface area contributed by atoms with E-state index in [1.54, 1.807) is 0 Å². The second-order valence-electron chi connectivity index (χ2n) is 8.24. The molecular weight excluding hydrogens is 508 g/mol. The number of hydrogen-bond donors (Lipinski definition) is 9. The van der Waals surface area contributed by atoms with E-state index in [-0.39, 0.29) is 31.8 Å². The maximum absolute atomic E-state index is 12.9. The summed E-state index contributed by atoms with van der Waals surface area (Å²) in [5.74, 6) is -4.66. The molecule has 13 N–H and O–H groups in total. The topological polar surface area (TPSA) is 278 Å². The van der Waals surface area contributed by atoms with Crippen molar-refractivity contribution in [3.8, 4) is 0 Å². The first-order chi connectivity index (χ1) is 17.4. The van der Waals surface area contributed by atoms with Crippen molar-refractivity contribution in [3.63, 3.8) is 0 Å². The minimum absolute atomic E-state index is 0.00443. The first kappa shape index (κ1) is 33.9. The van der Waals surface area contributed by atoms with Crippen LogP contribution in [0, 0.1) is 0 Å². The highest BCUT2D eigenvalue weighted by molar-refractivity contribution is 7.98. The lowest BCUT2D eigenvalue weighted by Gasteiger charge is -2.24. The van der Waals surface area contributed by atoms with Gasteiger partial charge in [-0.15, -0.1) is 0 Å². The van der Waals surface area contributed by atoms with Gasteiger partial charge in [0.25, 0.3) is 0 Å². The number of carbonyl (C=O) groups is 5. The van der Waals surface area contributed by atoms with Crippen LogP contribution >= 0.6 is 11.8 Å². The Morgan fingerprint density at radius 2 is 1.41 bits per heavy atom. The fourth-order valence-corrected chi connectivity index (χ4v) is 3.60. The number of unbranched alkanes of at least 4 members (excludes halogenated alkanes) is 1. The van der Waals surface area contributed by atoms with Crippen molar-refractivity contribution in [2.45, 2.75) is 69.1 Å². The van der Waals surface area contributed by atoms with Gasteiger partial charge in [0.05, 0.1) is 12.5 Å². The van der Waals surface area contributed by atoms with Crippen LogP contribution in [0.15, 0.2) is 4.99 Å². The van der Waals surface area contributed by atoms with E-state index in [0.717, 1.165) is 0 Å². The summed E-state index contributed by atoms with van der Waals surface area (Å²) in [6, 6.07) is -4.95. The predicted molar refractivity (Wildman–Crippen MR) is 139 cm³/mol. The molecule has 4 unspecified atom stereocenters. The zero-order valence-corrected chi connectivity index (χ0v) is 21.8. The third-order valence-corrected chi connectivity index (χ3v) is 5.77. The molecule has 0 saturated heterocycles. The smallest absolute Gasteiger partial charge is 0.326 e. The van der Waals surface area contributed by atoms with Crippen molar-refractivity contribution in [2.24, 2.45) is 27.9 Å². The molecule has 0 rings (SSSR count). The van der Waals surface area contributed by atoms with Gasteiger partial charge in [-0.05, 0) is 57.1 Å². The fourth-order valence-electron chi connectivity index (χ4n) is 3.11. The van der Waals surface area contributed by atoms with Gasteiger partial charge in [0.1, 0.15) is 18.1 Å². The van der Waals surface area contributed by atoms with E-state index in [0.29, 0.717) is 31.6 Å². The van der Waals surface area contributed by atoms with E-state index in [9.17, 15) is 34.2 Å². The van der Waals surface area contributed by atoms with Gasteiger partial charge in [0.2, 0.25) is 17.7 Å². The van der Waals surface area contributed by atoms with Gasteiger partial charge in [0, 0.05) is 6.54 Å². The van der Waals surface area contributed by atoms with Crippen molar-refractivity contribution in [3.05, 3.63) is 0 Å². The highest BCUT2D eigenvalue weighted by Crippen LogP contribution is 2.06. The highest BCUT2D eigenvalue weighted by Gasteiger charge is 2.31. The summed E-state index contributed by atoms with van der Waals surface area (Å²) < 4.78 is 0. The van der Waals surface area contributed by atoms with Crippen LogP contribution in [0.3, 0.4) is 0 Å². The Labute approximate surface area is 219 Å². The number of nitrogens with zero attached hydrogens (tertiary/aromatic N) is 1. The standard InChI is InChI=1S/C21H40N8O7S/c1-37-10-7-12(23)17(32)29-15(11-16(30)31)19(34)27-13(6-4-9-26-21(24)25)18(33)28-14(20(35)36)5-2-3-8-22/h12-15H,2-11,22-23H2,1H3,(H,27,34)(H,28,33)(H,29,32)(H,30,31)(H,35,36)(H4,24,25,26). The summed E-state index contributed by atoms with van der Waals surface area (Å²) in [7, 11) is 0. The molecule has 0 saturated carbocycles. The molecule has 0 spiro atoms. The van der Waals surface area contributed by atoms with Crippen molar-refractivity contribution in [2.75, 3.05) is 25.1 Å². The molecule has 0 heterocycles. The molecule has 15 nitrogen and oxygen atoms in total. The lowest BCUT2D eigenvalue weighted by molar-refractivity contribution is -0.143. The van der Waals surface area contributed by atoms with E-state index in [4.69, 9.17) is 22.9 Å². The monoisotopic (exact) mass is 548 g/mol. The van der Waals surface area contributed by atoms with Crippen molar-refractivity contribution >= 4 is 47.4 Å². The SMILES string of the molecule is CSCCC(N)C(=O)NC(CC(=O)O)C(=O)NC(CCCN=C(N)N)C(=O)NC(CCCCN)C(=O)O. The number of nitrogens with two attached hydrogens (primary N) is 4. The van der Waals surface area contributed by atoms with Crippen molar-refractivity contribution in [1.82, 2.24) is 16.0 Å². The van der Waals surface area contributed by atoms with E-state index in [1.807, 2.05) is 6.26 Å². The maximum Gasteiger partial charge on any atom is 0.326 e. The van der Waals surface area contributed by atoms with E-state index in [1.165, 1.54) is 11.8 Å². The number of carboxylic acid groups (broad SMARTS) is 2. The normalized spacial score (nSPS) is 13.9. The third kappa shape index (κ3) is 15.6. The predicted octanol–water partition coefficient (Wildman–Crippen LogP) is -2.74. The van der Waals surface area contributed by atoms with Crippen molar-refractivity contribution < 1.29 is 34.2 Å². The fraction of sp³-hybridized carbons (Fsp3) is 0.714. The molecule has 0 aromatic heterocycles. The molecule has 37 heavy (non-hydrogen) atoms. The summed E-state index contributed by atoms with van der Waals surface area (Å²) in [5, 5.41) is 25.8. The van der Waals surface area contributed by atoms with E-state index >= 15 is 0 Å². The maximum atomic E-state index is 12.9. The van der Waals surface area contributed by atoms with Crippen LogP contribution in [0.5, 0.6) is 0 Å². The van der Waals surface area contributed by atoms with Crippen LogP contribution in [-0.4, -0.2) is 95.1 Å². The average Bonchev–Trinajstić information content (AvgIpc) is 2.82. The molecule has 0 aliphatic rings. The second-order valence-corrected chi connectivity index (χ2v) is 9.23. The summed E-state index contributed by atoms with van der Waals surface area (Å²) in [6.07, 6.45) is 2.76. The minimum atomic E-state index is -1.52. The number of carboxylic acids is 2. The summed E-state index contributed by atoms with van der Waals surface area (Å²) in [6.45, 7) is 0.488. The van der Waals surface area contributed by atoms with Crippen LogP contribution in [0.4, 0.5) is 0 Å². The molecule has 0 fully saturated rings. The van der Waals surface area contributed by atoms with Gasteiger partial charge in [-0.2, -0.15) is 11.8 Å². The zero-order chi connectivity index (χ0) is 28.4. The van der Waals surface area contributed by atoms with Crippen LogP contribution in [0.2, 0.25) is 0 Å². The Hall–Kier alpha value is -3.11. The molecule has 3 amide bonds. The first-order valence-electron chi connectivity index (χ1n) is 11.8. The number of amides is 3. The number of rotatable bonds is 20. The number of guanidine groups is 1. The van der Waals surface area contributed by atoms with Gasteiger partial charge in [0.15, 0.2) is 5.96 Å². The molecular formula is C21H40N8O7S. The largest absolute Gasteiger partial charge is 0.481 e. The van der Waals surface area contributed by atoms with Gasteiger partial charge in [-0.3, -0.25) is 24.2 Å². The number of carbonyl (C=O) groups excluding carboxylic acids is 3. The lowest BCUT2D eigenvalue weighted by Crippen LogP contribution is -2.57. The molecule has 16 heteroatoms. The van der Waals surface area contributed by atoms with Crippen LogP contribution in [-0.2, 0) is 24.0 Å². The zero-order valence-electron chi connectivity index (χ0n) is 21.0. The highest BCUT2D eigenvalue weighted by atomic mass is 32.2. The Bertz CT molecular complexity index is 795. The Kier molecular flexibility index (Phi) is 17.5. The molecule has 0 aliphatic carbocycles.